The minimum Gasteiger partial charge on any atom is -0.489 e. The minimum atomic E-state index is 0.535. The van der Waals surface area contributed by atoms with E-state index in [0.29, 0.717) is 12.2 Å². The van der Waals surface area contributed by atoms with Crippen molar-refractivity contribution in [3.05, 3.63) is 64.7 Å². The van der Waals surface area contributed by atoms with Gasteiger partial charge < -0.3 is 4.74 Å². The maximum Gasteiger partial charge on any atom is 0.121 e. The maximum absolute atomic E-state index is 8.83. The Morgan fingerprint density at radius 2 is 1.72 bits per heavy atom. The van der Waals surface area contributed by atoms with Crippen LogP contribution in [0.15, 0.2) is 42.5 Å². The van der Waals surface area contributed by atoms with Crippen LogP contribution in [0.5, 0.6) is 5.75 Å². The van der Waals surface area contributed by atoms with Crippen LogP contribution in [0, 0.1) is 25.2 Å². The zero-order valence-corrected chi connectivity index (χ0v) is 10.6. The summed E-state index contributed by atoms with van der Waals surface area (Å²) in [6.45, 7) is 4.70. The molecule has 0 radical (unpaired) electrons. The molecule has 2 heteroatoms. The molecule has 90 valence electrons. The van der Waals surface area contributed by atoms with Gasteiger partial charge in [-0.3, -0.25) is 0 Å². The van der Waals surface area contributed by atoms with E-state index in [-0.39, 0.29) is 0 Å². The van der Waals surface area contributed by atoms with E-state index in [2.05, 4.69) is 32.0 Å². The molecule has 0 aliphatic heterocycles. The van der Waals surface area contributed by atoms with Crippen LogP contribution in [-0.4, -0.2) is 0 Å². The number of hydrogen-bond donors (Lipinski definition) is 0. The summed E-state index contributed by atoms with van der Waals surface area (Å²) in [5, 5.41) is 8.83. The molecule has 2 aromatic carbocycles. The van der Waals surface area contributed by atoms with E-state index in [1.165, 1.54) is 16.7 Å². The summed E-state index contributed by atoms with van der Waals surface area (Å²) in [7, 11) is 0. The molecule has 2 rings (SSSR count). The molecular formula is C16H15NO. The lowest BCUT2D eigenvalue weighted by Gasteiger charge is -2.11. The monoisotopic (exact) mass is 237 g/mol. The molecule has 0 atom stereocenters. The fraction of sp³-hybridized carbons (Fsp3) is 0.188. The largest absolute Gasteiger partial charge is 0.489 e. The van der Waals surface area contributed by atoms with Gasteiger partial charge in [0.25, 0.3) is 0 Å². The highest BCUT2D eigenvalue weighted by Gasteiger charge is 2.03. The first-order valence-electron chi connectivity index (χ1n) is 5.89. The number of ether oxygens (including phenoxy) is 1. The molecule has 0 fully saturated rings. The van der Waals surface area contributed by atoms with E-state index in [4.69, 9.17) is 10.00 Å². The maximum atomic E-state index is 8.83. The number of benzene rings is 2. The number of hydrogen-bond acceptors (Lipinski definition) is 2. The lowest BCUT2D eigenvalue weighted by atomic mass is 10.0. The summed E-state index contributed by atoms with van der Waals surface area (Å²) in [5.41, 5.74) is 4.28. The van der Waals surface area contributed by atoms with E-state index in [9.17, 15) is 0 Å². The highest BCUT2D eigenvalue weighted by atomic mass is 16.5. The molecule has 0 saturated carbocycles. The zero-order chi connectivity index (χ0) is 13.0. The topological polar surface area (TPSA) is 33.0 Å². The number of nitrogens with zero attached hydrogens (tertiary/aromatic N) is 1. The Morgan fingerprint density at radius 3 is 2.39 bits per heavy atom. The van der Waals surface area contributed by atoms with Crippen LogP contribution in [0.1, 0.15) is 22.3 Å². The van der Waals surface area contributed by atoms with Gasteiger partial charge in [-0.15, -0.1) is 0 Å². The molecule has 0 spiro atoms. The first-order valence-corrected chi connectivity index (χ1v) is 5.89. The van der Waals surface area contributed by atoms with Gasteiger partial charge in [-0.05, 0) is 48.7 Å². The third kappa shape index (κ3) is 2.70. The van der Waals surface area contributed by atoms with E-state index < -0.39 is 0 Å². The Bertz CT molecular complexity index is 576. The number of nitriles is 1. The van der Waals surface area contributed by atoms with Crippen LogP contribution in [0.2, 0.25) is 0 Å². The van der Waals surface area contributed by atoms with Crippen molar-refractivity contribution in [2.75, 3.05) is 0 Å². The van der Waals surface area contributed by atoms with Crippen molar-refractivity contribution >= 4 is 0 Å². The Balaban J connectivity index is 2.14. The smallest absolute Gasteiger partial charge is 0.121 e. The van der Waals surface area contributed by atoms with Crippen molar-refractivity contribution in [3.8, 4) is 11.8 Å². The first kappa shape index (κ1) is 12.2. The third-order valence-corrected chi connectivity index (χ3v) is 2.99. The molecular weight excluding hydrogens is 222 g/mol. The third-order valence-electron chi connectivity index (χ3n) is 2.99. The van der Waals surface area contributed by atoms with Crippen LogP contribution < -0.4 is 4.74 Å². The molecule has 0 aromatic heterocycles. The van der Waals surface area contributed by atoms with Crippen molar-refractivity contribution in [1.82, 2.24) is 0 Å². The van der Waals surface area contributed by atoms with Crippen LogP contribution in [0.4, 0.5) is 0 Å². The van der Waals surface area contributed by atoms with Gasteiger partial charge >= 0.3 is 0 Å². The van der Waals surface area contributed by atoms with Gasteiger partial charge in [-0.1, -0.05) is 24.3 Å². The quantitative estimate of drug-likeness (QED) is 0.814. The molecule has 0 aliphatic carbocycles. The Labute approximate surface area is 107 Å². The summed E-state index contributed by atoms with van der Waals surface area (Å²) in [6.07, 6.45) is 0. The van der Waals surface area contributed by atoms with E-state index in [0.717, 1.165) is 5.75 Å². The zero-order valence-electron chi connectivity index (χ0n) is 10.6. The standard InChI is InChI=1S/C16H15NO/c1-12-5-3-6-13(2)16(12)11-18-15-8-4-7-14(9-15)10-17/h3-9H,11H2,1-2H3. The Morgan fingerprint density at radius 1 is 1.06 bits per heavy atom. The van der Waals surface area contributed by atoms with Gasteiger partial charge in [-0.25, -0.2) is 0 Å². The van der Waals surface area contributed by atoms with Gasteiger partial charge in [0.1, 0.15) is 12.4 Å². The average Bonchev–Trinajstić information content (AvgIpc) is 2.38. The van der Waals surface area contributed by atoms with E-state index in [1.54, 1.807) is 12.1 Å². The molecule has 0 bridgehead atoms. The molecule has 0 saturated heterocycles. The molecule has 0 N–H and O–H groups in total. The number of aryl methyl sites for hydroxylation is 2. The predicted octanol–water partition coefficient (Wildman–Crippen LogP) is 3.75. The molecule has 0 amide bonds. The highest BCUT2D eigenvalue weighted by Crippen LogP contribution is 2.18. The summed E-state index contributed by atoms with van der Waals surface area (Å²) in [4.78, 5) is 0. The van der Waals surface area contributed by atoms with Gasteiger partial charge in [-0.2, -0.15) is 5.26 Å². The molecule has 0 aliphatic rings. The number of rotatable bonds is 3. The van der Waals surface area contributed by atoms with Gasteiger partial charge in [0.2, 0.25) is 0 Å². The normalized spacial score (nSPS) is 9.83. The van der Waals surface area contributed by atoms with Crippen molar-refractivity contribution < 1.29 is 4.74 Å². The molecule has 2 nitrogen and oxygen atoms in total. The first-order chi connectivity index (χ1) is 8.70. The predicted molar refractivity (Wildman–Crippen MR) is 71.4 cm³/mol. The second kappa shape index (κ2) is 5.37. The van der Waals surface area contributed by atoms with Gasteiger partial charge in [0, 0.05) is 0 Å². The van der Waals surface area contributed by atoms with Crippen molar-refractivity contribution in [1.29, 1.82) is 5.26 Å². The van der Waals surface area contributed by atoms with E-state index in [1.807, 2.05) is 18.2 Å². The van der Waals surface area contributed by atoms with Crippen LogP contribution in [0.3, 0.4) is 0 Å². The molecule has 0 heterocycles. The summed E-state index contributed by atoms with van der Waals surface area (Å²) >= 11 is 0. The summed E-state index contributed by atoms with van der Waals surface area (Å²) in [6, 6.07) is 15.5. The Kier molecular flexibility index (Phi) is 3.64. The Hall–Kier alpha value is -2.27. The van der Waals surface area contributed by atoms with Gasteiger partial charge in [0.15, 0.2) is 0 Å². The molecule has 18 heavy (non-hydrogen) atoms. The molecule has 2 aromatic rings. The SMILES string of the molecule is Cc1cccc(C)c1COc1cccc(C#N)c1. The summed E-state index contributed by atoms with van der Waals surface area (Å²) in [5.74, 6) is 0.733. The van der Waals surface area contributed by atoms with Crippen molar-refractivity contribution in [2.24, 2.45) is 0 Å². The van der Waals surface area contributed by atoms with E-state index >= 15 is 0 Å². The van der Waals surface area contributed by atoms with Crippen LogP contribution in [-0.2, 0) is 6.61 Å². The lowest BCUT2D eigenvalue weighted by molar-refractivity contribution is 0.304. The fourth-order valence-electron chi connectivity index (χ4n) is 1.89. The summed E-state index contributed by atoms with van der Waals surface area (Å²) < 4.78 is 5.75. The lowest BCUT2D eigenvalue weighted by Crippen LogP contribution is -2.00. The van der Waals surface area contributed by atoms with Crippen LogP contribution >= 0.6 is 0 Å². The fourth-order valence-corrected chi connectivity index (χ4v) is 1.89. The second-order valence-electron chi connectivity index (χ2n) is 4.30. The molecule has 0 unspecified atom stereocenters. The van der Waals surface area contributed by atoms with Crippen molar-refractivity contribution in [3.63, 3.8) is 0 Å². The van der Waals surface area contributed by atoms with Crippen LogP contribution in [0.25, 0.3) is 0 Å². The average molecular weight is 237 g/mol. The minimum absolute atomic E-state index is 0.535. The van der Waals surface area contributed by atoms with Gasteiger partial charge in [0.05, 0.1) is 11.6 Å². The van der Waals surface area contributed by atoms with Crippen molar-refractivity contribution in [2.45, 2.75) is 20.5 Å². The highest BCUT2D eigenvalue weighted by molar-refractivity contribution is 5.37. The second-order valence-corrected chi connectivity index (χ2v) is 4.30.